The lowest BCUT2D eigenvalue weighted by atomic mass is 10.0. The summed E-state index contributed by atoms with van der Waals surface area (Å²) in [6, 6.07) is 65.8. The first-order valence-corrected chi connectivity index (χ1v) is 20.1. The minimum absolute atomic E-state index is 0.572. The molecule has 0 bridgehead atoms. The van der Waals surface area contributed by atoms with Gasteiger partial charge in [-0.05, 0) is 89.0 Å². The molecule has 5 nitrogen and oxygen atoms in total. The Bertz CT molecular complexity index is 3960. The van der Waals surface area contributed by atoms with Crippen molar-refractivity contribution in [3.8, 4) is 33.6 Å². The predicted molar refractivity (Wildman–Crippen MR) is 247 cm³/mol. The van der Waals surface area contributed by atoms with Crippen LogP contribution in [0.1, 0.15) is 0 Å². The first-order chi connectivity index (χ1) is 29.7. The maximum Gasteiger partial charge on any atom is 0.211 e. The van der Waals surface area contributed by atoms with Gasteiger partial charge in [0.15, 0.2) is 0 Å². The Labute approximate surface area is 343 Å². The summed E-state index contributed by atoms with van der Waals surface area (Å²) in [5.41, 5.74) is 14.3. The smallest absolute Gasteiger partial charge is 0.211 e. The molecule has 13 rings (SSSR count). The van der Waals surface area contributed by atoms with Gasteiger partial charge in [-0.1, -0.05) is 121 Å². The number of benzene rings is 9. The number of fused-ring (bicyclic) bond motifs is 14. The zero-order valence-electron chi connectivity index (χ0n) is 32.1. The molecule has 0 amide bonds. The maximum absolute atomic E-state index is 8.47. The summed E-state index contributed by atoms with van der Waals surface area (Å²) in [6.45, 7) is 8.47. The molecule has 0 fully saturated rings. The first-order valence-electron chi connectivity index (χ1n) is 20.1. The Morgan fingerprint density at radius 2 is 0.967 bits per heavy atom. The third-order valence-electron chi connectivity index (χ3n) is 12.3. The van der Waals surface area contributed by atoms with E-state index >= 15 is 0 Å². The van der Waals surface area contributed by atoms with Crippen LogP contribution in [0.5, 0.6) is 0 Å². The number of para-hydroxylation sites is 4. The van der Waals surface area contributed by atoms with Crippen molar-refractivity contribution in [2.75, 3.05) is 0 Å². The molecule has 0 aliphatic rings. The standard InChI is InChI=1S/C55H31N3O2/c1-56-44-21-12-20-37(53(44)58-45-22-8-5-19-42(45)51-48(58)30-27-40-38-17-6-9-23-49(38)59-54(40)51)35-15-11-16-36(31-35)57-46-28-25-34(33-13-3-2-4-14-33)32-43(46)52-47(57)29-26-41-39-18-7-10-24-50(39)60-55(41)52/h2-32H. The minimum atomic E-state index is 0.572. The highest BCUT2D eigenvalue weighted by Crippen LogP contribution is 2.46. The van der Waals surface area contributed by atoms with Crippen molar-refractivity contribution in [1.29, 1.82) is 0 Å². The van der Waals surface area contributed by atoms with E-state index in [9.17, 15) is 0 Å². The van der Waals surface area contributed by atoms with Crippen LogP contribution in [0, 0.1) is 6.57 Å². The summed E-state index contributed by atoms with van der Waals surface area (Å²) >= 11 is 0. The van der Waals surface area contributed by atoms with E-state index < -0.39 is 0 Å². The maximum atomic E-state index is 8.47. The quantitative estimate of drug-likeness (QED) is 0.167. The van der Waals surface area contributed by atoms with Gasteiger partial charge < -0.3 is 18.0 Å². The highest BCUT2D eigenvalue weighted by Gasteiger charge is 2.24. The molecule has 0 aliphatic heterocycles. The van der Waals surface area contributed by atoms with E-state index in [-0.39, 0.29) is 0 Å². The molecule has 0 unspecified atom stereocenters. The van der Waals surface area contributed by atoms with Crippen LogP contribution in [0.25, 0.3) is 126 Å². The van der Waals surface area contributed by atoms with Gasteiger partial charge in [0.2, 0.25) is 5.69 Å². The molecule has 60 heavy (non-hydrogen) atoms. The van der Waals surface area contributed by atoms with Gasteiger partial charge in [-0.3, -0.25) is 0 Å². The van der Waals surface area contributed by atoms with Gasteiger partial charge in [0.25, 0.3) is 0 Å². The molecule has 278 valence electrons. The largest absolute Gasteiger partial charge is 0.455 e. The molecule has 0 aliphatic carbocycles. The summed E-state index contributed by atoms with van der Waals surface area (Å²) < 4.78 is 17.9. The van der Waals surface area contributed by atoms with Gasteiger partial charge in [0.05, 0.1) is 45.1 Å². The van der Waals surface area contributed by atoms with Gasteiger partial charge in [-0.15, -0.1) is 0 Å². The molecule has 0 spiro atoms. The van der Waals surface area contributed by atoms with Crippen molar-refractivity contribution in [2.45, 2.75) is 0 Å². The topological polar surface area (TPSA) is 40.5 Å². The van der Waals surface area contributed by atoms with Crippen LogP contribution in [0.15, 0.2) is 197 Å². The van der Waals surface area contributed by atoms with Crippen molar-refractivity contribution in [1.82, 2.24) is 9.13 Å². The molecule has 13 aromatic rings. The number of hydrogen-bond donors (Lipinski definition) is 0. The Morgan fingerprint density at radius 1 is 0.383 bits per heavy atom. The Balaban J connectivity index is 1.07. The van der Waals surface area contributed by atoms with E-state index in [1.54, 1.807) is 0 Å². The molecule has 5 heteroatoms. The fourth-order valence-corrected chi connectivity index (χ4v) is 9.75. The Morgan fingerprint density at radius 3 is 1.70 bits per heavy atom. The molecular formula is C55H31N3O2. The van der Waals surface area contributed by atoms with Crippen LogP contribution in [0.4, 0.5) is 5.69 Å². The van der Waals surface area contributed by atoms with Crippen LogP contribution >= 0.6 is 0 Å². The lowest BCUT2D eigenvalue weighted by Gasteiger charge is -2.17. The van der Waals surface area contributed by atoms with Crippen LogP contribution < -0.4 is 0 Å². The first kappa shape index (κ1) is 32.7. The highest BCUT2D eigenvalue weighted by atomic mass is 16.3. The lowest BCUT2D eigenvalue weighted by molar-refractivity contribution is 0.672. The monoisotopic (exact) mass is 765 g/mol. The molecule has 0 radical (unpaired) electrons. The molecule has 4 heterocycles. The molecule has 0 N–H and O–H groups in total. The number of rotatable bonds is 4. The molecule has 9 aromatic carbocycles. The van der Waals surface area contributed by atoms with Gasteiger partial charge in [0, 0.05) is 38.0 Å². The molecule has 4 aromatic heterocycles. The van der Waals surface area contributed by atoms with Crippen molar-refractivity contribution in [2.24, 2.45) is 0 Å². The highest BCUT2D eigenvalue weighted by molar-refractivity contribution is 6.25. The fourth-order valence-electron chi connectivity index (χ4n) is 9.75. The predicted octanol–water partition coefficient (Wildman–Crippen LogP) is 15.6. The average molecular weight is 766 g/mol. The van der Waals surface area contributed by atoms with Crippen LogP contribution in [0.2, 0.25) is 0 Å². The van der Waals surface area contributed by atoms with Gasteiger partial charge in [-0.2, -0.15) is 0 Å². The van der Waals surface area contributed by atoms with E-state index in [1.807, 2.05) is 36.4 Å². The summed E-state index contributed by atoms with van der Waals surface area (Å²) in [4.78, 5) is 4.15. The van der Waals surface area contributed by atoms with Crippen molar-refractivity contribution in [3.05, 3.63) is 199 Å². The van der Waals surface area contributed by atoms with Crippen molar-refractivity contribution >= 4 is 93.2 Å². The lowest BCUT2D eigenvalue weighted by Crippen LogP contribution is -1.99. The minimum Gasteiger partial charge on any atom is -0.455 e. The molecule has 0 saturated heterocycles. The number of nitrogens with zero attached hydrogens (tertiary/aromatic N) is 3. The number of hydrogen-bond acceptors (Lipinski definition) is 2. The van der Waals surface area contributed by atoms with E-state index in [4.69, 9.17) is 15.4 Å². The number of aromatic nitrogens is 2. The summed E-state index contributed by atoms with van der Waals surface area (Å²) in [6.07, 6.45) is 0. The van der Waals surface area contributed by atoms with Crippen molar-refractivity contribution < 1.29 is 8.83 Å². The van der Waals surface area contributed by atoms with E-state index in [1.165, 1.54) is 0 Å². The molecule has 0 saturated carbocycles. The van der Waals surface area contributed by atoms with E-state index in [0.717, 1.165) is 121 Å². The second kappa shape index (κ2) is 12.3. The van der Waals surface area contributed by atoms with E-state index in [2.05, 4.69) is 166 Å². The fraction of sp³-hybridized carbons (Fsp3) is 0. The zero-order valence-corrected chi connectivity index (χ0v) is 32.1. The zero-order chi connectivity index (χ0) is 39.5. The summed E-state index contributed by atoms with van der Waals surface area (Å²) in [5, 5.41) is 8.70. The van der Waals surface area contributed by atoms with Crippen molar-refractivity contribution in [3.63, 3.8) is 0 Å². The Hall–Kier alpha value is -8.33. The average Bonchev–Trinajstić information content (AvgIpc) is 4.06. The summed E-state index contributed by atoms with van der Waals surface area (Å²) in [5.74, 6) is 0. The third kappa shape index (κ3) is 4.50. The SMILES string of the molecule is [C-]#[N+]c1cccc(-c2cccc(-n3c4ccc(-c5ccccc5)cc4c4c5oc6ccccc6c5ccc43)c2)c1-n1c2ccccc2c2c3oc4ccccc4c3ccc21. The third-order valence-corrected chi connectivity index (χ3v) is 12.3. The second-order valence-corrected chi connectivity index (χ2v) is 15.5. The molecule has 0 atom stereocenters. The molecular weight excluding hydrogens is 735 g/mol. The Kier molecular flexibility index (Phi) is 6.73. The van der Waals surface area contributed by atoms with Gasteiger partial charge in [-0.25, -0.2) is 4.85 Å². The van der Waals surface area contributed by atoms with Gasteiger partial charge in [0.1, 0.15) is 22.3 Å². The van der Waals surface area contributed by atoms with Crippen LogP contribution in [-0.4, -0.2) is 9.13 Å². The van der Waals surface area contributed by atoms with E-state index in [0.29, 0.717) is 5.69 Å². The second-order valence-electron chi connectivity index (χ2n) is 15.5. The van der Waals surface area contributed by atoms with Crippen LogP contribution in [-0.2, 0) is 0 Å². The van der Waals surface area contributed by atoms with Crippen LogP contribution in [0.3, 0.4) is 0 Å². The summed E-state index contributed by atoms with van der Waals surface area (Å²) in [7, 11) is 0. The number of furan rings is 2. The normalized spacial score (nSPS) is 12.0. The van der Waals surface area contributed by atoms with Gasteiger partial charge >= 0.3 is 0 Å².